The predicted octanol–water partition coefficient (Wildman–Crippen LogP) is 5.98. The Kier molecular flexibility index (Phi) is 5.47. The molecule has 1 aliphatic heterocycles. The second-order valence-corrected chi connectivity index (χ2v) is 15.6. The molecule has 0 unspecified atom stereocenters. The molecule has 1 heterocycles. The summed E-state index contributed by atoms with van der Waals surface area (Å²) >= 11 is 4.26. The van der Waals surface area contributed by atoms with Crippen LogP contribution in [-0.4, -0.2) is 19.6 Å². The fourth-order valence-electron chi connectivity index (χ4n) is 2.60. The third-order valence-electron chi connectivity index (χ3n) is 3.73. The molecule has 2 rings (SSSR count). The largest absolute Gasteiger partial charge is 0.139 e. The summed E-state index contributed by atoms with van der Waals surface area (Å²) in [5.41, 5.74) is 6.31. The standard InChI is InChI=1S/C19H28S2Si/c1-18(2,3)19(20-13-7-14-21-19)17-10-8-16(9-11-17)12-15-22(4,5)6/h8-11H,7,13-14H2,1-6H3. The van der Waals surface area contributed by atoms with E-state index < -0.39 is 8.07 Å². The molecule has 0 radical (unpaired) electrons. The lowest BCUT2D eigenvalue weighted by Crippen LogP contribution is -2.36. The van der Waals surface area contributed by atoms with Crippen molar-refractivity contribution in [3.8, 4) is 11.5 Å². The van der Waals surface area contributed by atoms with Gasteiger partial charge in [0.1, 0.15) is 8.07 Å². The molecule has 0 N–H and O–H groups in total. The summed E-state index contributed by atoms with van der Waals surface area (Å²) in [6, 6.07) is 9.05. The molecule has 0 aliphatic carbocycles. The Bertz CT molecular complexity index is 559. The Hall–Kier alpha value is -0.303. The summed E-state index contributed by atoms with van der Waals surface area (Å²) in [6.07, 6.45) is 1.33. The molecule has 1 saturated heterocycles. The first kappa shape index (κ1) is 18.0. The third kappa shape index (κ3) is 4.16. The van der Waals surface area contributed by atoms with E-state index in [0.717, 1.165) is 5.56 Å². The maximum absolute atomic E-state index is 3.46. The lowest BCUT2D eigenvalue weighted by molar-refractivity contribution is 0.371. The van der Waals surface area contributed by atoms with E-state index in [1.807, 2.05) is 0 Å². The van der Waals surface area contributed by atoms with E-state index in [0.29, 0.717) is 0 Å². The molecule has 0 spiro atoms. The molecule has 1 aliphatic rings. The Morgan fingerprint density at radius 1 is 1.00 bits per heavy atom. The van der Waals surface area contributed by atoms with Crippen LogP contribution < -0.4 is 0 Å². The summed E-state index contributed by atoms with van der Waals surface area (Å²) in [5.74, 6) is 5.89. The fraction of sp³-hybridized carbons (Fsp3) is 0.579. The quantitative estimate of drug-likeness (QED) is 0.452. The maximum Gasteiger partial charge on any atom is 0.129 e. The van der Waals surface area contributed by atoms with E-state index in [2.05, 4.69) is 99.7 Å². The van der Waals surface area contributed by atoms with Gasteiger partial charge in [0.2, 0.25) is 0 Å². The van der Waals surface area contributed by atoms with Crippen LogP contribution in [0.5, 0.6) is 0 Å². The lowest BCUT2D eigenvalue weighted by atomic mass is 9.86. The van der Waals surface area contributed by atoms with Crippen LogP contribution in [0, 0.1) is 16.9 Å². The second-order valence-electron chi connectivity index (χ2n) is 7.99. The summed E-state index contributed by atoms with van der Waals surface area (Å²) in [6.45, 7) is 14.0. The summed E-state index contributed by atoms with van der Waals surface area (Å²) in [5, 5.41) is 0. The molecule has 0 saturated carbocycles. The SMILES string of the molecule is CC(C)(C)C1(c2ccc(C#C[Si](C)(C)C)cc2)SCCCS1. The van der Waals surface area contributed by atoms with E-state index in [-0.39, 0.29) is 9.49 Å². The molecule has 1 fully saturated rings. The average Bonchev–Trinajstić information content (AvgIpc) is 2.44. The smallest absolute Gasteiger partial charge is 0.129 e. The zero-order valence-corrected chi connectivity index (χ0v) is 17.4. The van der Waals surface area contributed by atoms with Crippen LogP contribution in [0.3, 0.4) is 0 Å². The van der Waals surface area contributed by atoms with Crippen molar-refractivity contribution < 1.29 is 0 Å². The molecule has 120 valence electrons. The van der Waals surface area contributed by atoms with E-state index in [1.54, 1.807) is 0 Å². The summed E-state index contributed by atoms with van der Waals surface area (Å²) < 4.78 is 0.177. The van der Waals surface area contributed by atoms with Crippen molar-refractivity contribution in [2.75, 3.05) is 11.5 Å². The van der Waals surface area contributed by atoms with Crippen molar-refractivity contribution in [3.05, 3.63) is 35.4 Å². The summed E-state index contributed by atoms with van der Waals surface area (Å²) in [4.78, 5) is 0. The molecule has 0 atom stereocenters. The predicted molar refractivity (Wildman–Crippen MR) is 107 cm³/mol. The van der Waals surface area contributed by atoms with Gasteiger partial charge in [0.25, 0.3) is 0 Å². The second kappa shape index (κ2) is 6.67. The van der Waals surface area contributed by atoms with Crippen LogP contribution in [0.2, 0.25) is 19.6 Å². The number of rotatable bonds is 1. The molecule has 0 amide bonds. The minimum atomic E-state index is -1.30. The van der Waals surface area contributed by atoms with Gasteiger partial charge in [-0.3, -0.25) is 0 Å². The van der Waals surface area contributed by atoms with Crippen molar-refractivity contribution >= 4 is 31.6 Å². The first-order valence-electron chi connectivity index (χ1n) is 8.06. The molecular formula is C19H28S2Si. The normalized spacial score (nSPS) is 18.5. The Morgan fingerprint density at radius 2 is 1.55 bits per heavy atom. The highest BCUT2D eigenvalue weighted by Crippen LogP contribution is 2.60. The Labute approximate surface area is 146 Å². The van der Waals surface area contributed by atoms with Crippen LogP contribution >= 0.6 is 23.5 Å². The zero-order valence-electron chi connectivity index (χ0n) is 14.7. The lowest BCUT2D eigenvalue weighted by Gasteiger charge is -2.46. The summed E-state index contributed by atoms with van der Waals surface area (Å²) in [7, 11) is -1.30. The third-order valence-corrected chi connectivity index (χ3v) is 8.81. The fourth-order valence-corrected chi connectivity index (χ4v) is 6.76. The number of benzene rings is 1. The average molecular weight is 349 g/mol. The van der Waals surface area contributed by atoms with Crippen molar-refractivity contribution in [3.63, 3.8) is 0 Å². The first-order valence-corrected chi connectivity index (χ1v) is 13.5. The van der Waals surface area contributed by atoms with Gasteiger partial charge in [0.15, 0.2) is 0 Å². The van der Waals surface area contributed by atoms with E-state index in [9.17, 15) is 0 Å². The van der Waals surface area contributed by atoms with Crippen molar-refractivity contribution in [2.45, 2.75) is 50.9 Å². The van der Waals surface area contributed by atoms with Gasteiger partial charge in [-0.1, -0.05) is 58.5 Å². The molecule has 3 heteroatoms. The highest BCUT2D eigenvalue weighted by Gasteiger charge is 2.45. The van der Waals surface area contributed by atoms with Crippen LogP contribution in [0.15, 0.2) is 24.3 Å². The van der Waals surface area contributed by atoms with E-state index >= 15 is 0 Å². The van der Waals surface area contributed by atoms with Crippen molar-refractivity contribution in [1.29, 1.82) is 0 Å². The van der Waals surface area contributed by atoms with Crippen LogP contribution in [0.1, 0.15) is 38.3 Å². The van der Waals surface area contributed by atoms with Gasteiger partial charge in [0.05, 0.1) is 4.08 Å². The topological polar surface area (TPSA) is 0 Å². The zero-order chi connectivity index (χ0) is 16.4. The molecule has 0 nitrogen and oxygen atoms in total. The van der Waals surface area contributed by atoms with Crippen molar-refractivity contribution in [2.24, 2.45) is 5.41 Å². The minimum Gasteiger partial charge on any atom is -0.139 e. The maximum atomic E-state index is 3.46. The minimum absolute atomic E-state index is 0.177. The van der Waals surface area contributed by atoms with Gasteiger partial charge in [-0.25, -0.2) is 0 Å². The Morgan fingerprint density at radius 3 is 2.00 bits per heavy atom. The molecule has 0 aromatic heterocycles. The first-order chi connectivity index (χ1) is 10.1. The number of hydrogen-bond acceptors (Lipinski definition) is 2. The van der Waals surface area contributed by atoms with Gasteiger partial charge in [-0.2, -0.15) is 0 Å². The number of hydrogen-bond donors (Lipinski definition) is 0. The van der Waals surface area contributed by atoms with Crippen molar-refractivity contribution in [1.82, 2.24) is 0 Å². The molecule has 1 aromatic rings. The van der Waals surface area contributed by atoms with Crippen LogP contribution in [0.4, 0.5) is 0 Å². The van der Waals surface area contributed by atoms with Gasteiger partial charge in [-0.15, -0.1) is 29.1 Å². The molecular weight excluding hydrogens is 320 g/mol. The highest BCUT2D eigenvalue weighted by atomic mass is 32.2. The van der Waals surface area contributed by atoms with Gasteiger partial charge < -0.3 is 0 Å². The van der Waals surface area contributed by atoms with Gasteiger partial charge in [0, 0.05) is 5.56 Å². The molecule has 1 aromatic carbocycles. The van der Waals surface area contributed by atoms with E-state index in [1.165, 1.54) is 23.5 Å². The highest BCUT2D eigenvalue weighted by molar-refractivity contribution is 8.18. The molecule has 22 heavy (non-hydrogen) atoms. The molecule has 0 bridgehead atoms. The number of thioether (sulfide) groups is 2. The van der Waals surface area contributed by atoms with E-state index in [4.69, 9.17) is 0 Å². The Balaban J connectivity index is 2.32. The van der Waals surface area contributed by atoms with Crippen LogP contribution in [-0.2, 0) is 4.08 Å². The monoisotopic (exact) mass is 348 g/mol. The van der Waals surface area contributed by atoms with Gasteiger partial charge >= 0.3 is 0 Å². The van der Waals surface area contributed by atoms with Gasteiger partial charge in [-0.05, 0) is 41.0 Å². The van der Waals surface area contributed by atoms with Crippen LogP contribution in [0.25, 0.3) is 0 Å².